The van der Waals surface area contributed by atoms with E-state index in [1.54, 1.807) is 30.0 Å². The summed E-state index contributed by atoms with van der Waals surface area (Å²) >= 11 is 1.73. The summed E-state index contributed by atoms with van der Waals surface area (Å²) in [6.45, 7) is 2.69. The van der Waals surface area contributed by atoms with Crippen molar-refractivity contribution in [2.45, 2.75) is 12.7 Å². The Hall–Kier alpha value is -1.94. The molecule has 21 heavy (non-hydrogen) atoms. The van der Waals surface area contributed by atoms with E-state index in [2.05, 4.69) is 0 Å². The van der Waals surface area contributed by atoms with Gasteiger partial charge in [-0.15, -0.1) is 0 Å². The fourth-order valence-corrected chi connectivity index (χ4v) is 2.60. The summed E-state index contributed by atoms with van der Waals surface area (Å²) in [4.78, 5) is 10.9. The van der Waals surface area contributed by atoms with Crippen LogP contribution in [0.1, 0.15) is 21.5 Å². The first-order chi connectivity index (χ1) is 10.1. The molecule has 2 aromatic rings. The molecule has 0 spiro atoms. The molecule has 2 rings (SSSR count). The van der Waals surface area contributed by atoms with Crippen molar-refractivity contribution in [1.29, 1.82) is 0 Å². The Balaban J connectivity index is 1.71. The molecule has 0 amide bonds. The van der Waals surface area contributed by atoms with E-state index >= 15 is 0 Å². The van der Waals surface area contributed by atoms with E-state index in [4.69, 9.17) is 9.84 Å². The van der Waals surface area contributed by atoms with Crippen LogP contribution >= 0.6 is 11.8 Å². The smallest absolute Gasteiger partial charge is 0.335 e. The Bertz CT molecular complexity index is 593. The van der Waals surface area contributed by atoms with Crippen LogP contribution in [0.25, 0.3) is 0 Å². The number of thioether (sulfide) groups is 1. The molecule has 4 heteroatoms. The van der Waals surface area contributed by atoms with Gasteiger partial charge in [-0.1, -0.05) is 29.8 Å². The molecule has 0 heterocycles. The highest BCUT2D eigenvalue weighted by Crippen LogP contribution is 2.15. The predicted molar refractivity (Wildman–Crippen MR) is 86.2 cm³/mol. The molecule has 0 bridgehead atoms. The quantitative estimate of drug-likeness (QED) is 0.785. The number of carboxylic acid groups (broad SMARTS) is 1. The second-order valence-corrected chi connectivity index (χ2v) is 5.82. The first-order valence-electron chi connectivity index (χ1n) is 6.74. The van der Waals surface area contributed by atoms with Gasteiger partial charge in [0, 0.05) is 11.5 Å². The van der Waals surface area contributed by atoms with Gasteiger partial charge in [0.15, 0.2) is 0 Å². The Labute approximate surface area is 129 Å². The molecule has 0 saturated heterocycles. The van der Waals surface area contributed by atoms with Gasteiger partial charge in [-0.25, -0.2) is 4.79 Å². The van der Waals surface area contributed by atoms with E-state index in [9.17, 15) is 4.79 Å². The number of rotatable bonds is 7. The topological polar surface area (TPSA) is 46.5 Å². The molecule has 0 aliphatic carbocycles. The second-order valence-electron chi connectivity index (χ2n) is 4.72. The third-order valence-electron chi connectivity index (χ3n) is 2.96. The Kier molecular flexibility index (Phi) is 5.69. The van der Waals surface area contributed by atoms with Crippen molar-refractivity contribution >= 4 is 17.7 Å². The summed E-state index contributed by atoms with van der Waals surface area (Å²) in [5, 5.41) is 8.94. The maximum atomic E-state index is 10.9. The minimum absolute atomic E-state index is 0.337. The van der Waals surface area contributed by atoms with Crippen LogP contribution in [0, 0.1) is 6.92 Å². The second kappa shape index (κ2) is 7.74. The molecular weight excluding hydrogens is 284 g/mol. The van der Waals surface area contributed by atoms with Gasteiger partial charge >= 0.3 is 5.97 Å². The SMILES string of the molecule is Cc1ccc(OCCSCc2cccc(C(=O)O)c2)cc1. The molecule has 0 unspecified atom stereocenters. The number of benzene rings is 2. The van der Waals surface area contributed by atoms with Gasteiger partial charge in [-0.2, -0.15) is 11.8 Å². The van der Waals surface area contributed by atoms with Gasteiger partial charge in [0.2, 0.25) is 0 Å². The summed E-state index contributed by atoms with van der Waals surface area (Å²) in [5.41, 5.74) is 2.58. The zero-order chi connectivity index (χ0) is 15.1. The van der Waals surface area contributed by atoms with Crippen molar-refractivity contribution in [3.05, 3.63) is 65.2 Å². The molecule has 0 fully saturated rings. The van der Waals surface area contributed by atoms with Crippen molar-refractivity contribution in [2.24, 2.45) is 0 Å². The van der Waals surface area contributed by atoms with Crippen molar-refractivity contribution in [3.63, 3.8) is 0 Å². The lowest BCUT2D eigenvalue weighted by molar-refractivity contribution is 0.0697. The number of aryl methyl sites for hydroxylation is 1. The van der Waals surface area contributed by atoms with Crippen LogP contribution in [0.3, 0.4) is 0 Å². The number of aromatic carboxylic acids is 1. The van der Waals surface area contributed by atoms with E-state index < -0.39 is 5.97 Å². The molecule has 1 N–H and O–H groups in total. The van der Waals surface area contributed by atoms with E-state index in [1.165, 1.54) is 5.56 Å². The summed E-state index contributed by atoms with van der Waals surface area (Å²) in [6.07, 6.45) is 0. The molecule has 0 aliphatic rings. The lowest BCUT2D eigenvalue weighted by Gasteiger charge is -2.06. The average molecular weight is 302 g/mol. The maximum Gasteiger partial charge on any atom is 0.335 e. The summed E-state index contributed by atoms with van der Waals surface area (Å²) in [7, 11) is 0. The van der Waals surface area contributed by atoms with Gasteiger partial charge in [0.1, 0.15) is 5.75 Å². The maximum absolute atomic E-state index is 10.9. The molecule has 3 nitrogen and oxygen atoms in total. The molecule has 110 valence electrons. The fraction of sp³-hybridized carbons (Fsp3) is 0.235. The van der Waals surface area contributed by atoms with Crippen LogP contribution in [0.15, 0.2) is 48.5 Å². The third-order valence-corrected chi connectivity index (χ3v) is 3.95. The van der Waals surface area contributed by atoms with Crippen molar-refractivity contribution in [2.75, 3.05) is 12.4 Å². The van der Waals surface area contributed by atoms with Crippen LogP contribution < -0.4 is 4.74 Å². The van der Waals surface area contributed by atoms with Crippen LogP contribution in [-0.2, 0) is 5.75 Å². The fourth-order valence-electron chi connectivity index (χ4n) is 1.84. The van der Waals surface area contributed by atoms with E-state index in [0.29, 0.717) is 12.2 Å². The molecule has 2 aromatic carbocycles. The van der Waals surface area contributed by atoms with Crippen molar-refractivity contribution < 1.29 is 14.6 Å². The first kappa shape index (κ1) is 15.4. The lowest BCUT2D eigenvalue weighted by Crippen LogP contribution is -2.01. The Morgan fingerprint density at radius 3 is 2.67 bits per heavy atom. The van der Waals surface area contributed by atoms with E-state index in [1.807, 2.05) is 37.3 Å². The number of carboxylic acids is 1. The zero-order valence-electron chi connectivity index (χ0n) is 11.9. The zero-order valence-corrected chi connectivity index (χ0v) is 12.7. The van der Waals surface area contributed by atoms with Crippen LogP contribution in [0.4, 0.5) is 0 Å². The molecular formula is C17H18O3S. The summed E-state index contributed by atoms with van der Waals surface area (Å²) in [5.74, 6) is 1.66. The average Bonchev–Trinajstić information content (AvgIpc) is 2.49. The van der Waals surface area contributed by atoms with Gasteiger partial charge in [-0.3, -0.25) is 0 Å². The molecule has 0 aliphatic heterocycles. The normalized spacial score (nSPS) is 10.3. The van der Waals surface area contributed by atoms with Crippen LogP contribution in [0.2, 0.25) is 0 Å². The van der Waals surface area contributed by atoms with Crippen molar-refractivity contribution in [1.82, 2.24) is 0 Å². The van der Waals surface area contributed by atoms with Gasteiger partial charge in [-0.05, 0) is 36.8 Å². The number of ether oxygens (including phenoxy) is 1. The summed E-state index contributed by atoms with van der Waals surface area (Å²) < 4.78 is 5.65. The molecule has 0 radical (unpaired) electrons. The Morgan fingerprint density at radius 1 is 1.19 bits per heavy atom. The molecule has 0 aromatic heterocycles. The highest BCUT2D eigenvalue weighted by molar-refractivity contribution is 7.98. The van der Waals surface area contributed by atoms with Crippen LogP contribution in [-0.4, -0.2) is 23.4 Å². The summed E-state index contributed by atoms with van der Waals surface area (Å²) in [6, 6.07) is 15.0. The Morgan fingerprint density at radius 2 is 1.95 bits per heavy atom. The third kappa shape index (κ3) is 5.16. The van der Waals surface area contributed by atoms with E-state index in [0.717, 1.165) is 22.8 Å². The number of hydrogen-bond acceptors (Lipinski definition) is 3. The minimum atomic E-state index is -0.885. The molecule has 0 saturated carbocycles. The van der Waals surface area contributed by atoms with Crippen LogP contribution in [0.5, 0.6) is 5.75 Å². The highest BCUT2D eigenvalue weighted by atomic mass is 32.2. The first-order valence-corrected chi connectivity index (χ1v) is 7.90. The number of hydrogen-bond donors (Lipinski definition) is 1. The highest BCUT2D eigenvalue weighted by Gasteiger charge is 2.03. The van der Waals surface area contributed by atoms with Gasteiger partial charge in [0.25, 0.3) is 0 Å². The largest absolute Gasteiger partial charge is 0.493 e. The van der Waals surface area contributed by atoms with E-state index in [-0.39, 0.29) is 0 Å². The lowest BCUT2D eigenvalue weighted by atomic mass is 10.1. The predicted octanol–water partition coefficient (Wildman–Crippen LogP) is 4.01. The number of carbonyl (C=O) groups is 1. The molecule has 0 atom stereocenters. The van der Waals surface area contributed by atoms with Crippen molar-refractivity contribution in [3.8, 4) is 5.75 Å². The van der Waals surface area contributed by atoms with Gasteiger partial charge in [0.05, 0.1) is 12.2 Å². The van der Waals surface area contributed by atoms with Gasteiger partial charge < -0.3 is 9.84 Å². The monoisotopic (exact) mass is 302 g/mol. The standard InChI is InChI=1S/C17H18O3S/c1-13-5-7-16(8-6-13)20-9-10-21-12-14-3-2-4-15(11-14)17(18)19/h2-8,11H,9-10,12H2,1H3,(H,18,19). The minimum Gasteiger partial charge on any atom is -0.493 e.